The lowest BCUT2D eigenvalue weighted by molar-refractivity contribution is 0.470. The van der Waals surface area contributed by atoms with E-state index < -0.39 is 0 Å². The van der Waals surface area contributed by atoms with Crippen LogP contribution < -0.4 is 5.32 Å². The Bertz CT molecular complexity index is 1300. The number of hydrogen-bond acceptors (Lipinski definition) is 4. The number of halogens is 1. The molecule has 2 aromatic heterocycles. The summed E-state index contributed by atoms with van der Waals surface area (Å²) in [5.74, 6) is 0.465. The summed E-state index contributed by atoms with van der Waals surface area (Å²) in [4.78, 5) is 7.77. The van der Waals surface area contributed by atoms with Crippen molar-refractivity contribution in [3.63, 3.8) is 0 Å². The Labute approximate surface area is 172 Å². The first-order chi connectivity index (χ1) is 14.6. The predicted molar refractivity (Wildman–Crippen MR) is 116 cm³/mol. The van der Waals surface area contributed by atoms with E-state index >= 15 is 4.39 Å². The number of fused-ring (bicyclic) bond motifs is 1. The molecular formula is C23H22FN5O. The van der Waals surface area contributed by atoms with Crippen LogP contribution in [0.1, 0.15) is 23.7 Å². The number of nitrogens with zero attached hydrogens (tertiary/aromatic N) is 2. The first kappa shape index (κ1) is 18.6. The molecule has 30 heavy (non-hydrogen) atoms. The third kappa shape index (κ3) is 2.90. The Morgan fingerprint density at radius 3 is 2.83 bits per heavy atom. The lowest BCUT2D eigenvalue weighted by Crippen LogP contribution is -2.07. The second-order valence-electron chi connectivity index (χ2n) is 7.58. The number of H-pyrrole nitrogens is 2. The molecule has 6 nitrogen and oxygen atoms in total. The number of benzene rings is 2. The van der Waals surface area contributed by atoms with E-state index in [1.54, 1.807) is 18.3 Å². The molecule has 0 spiro atoms. The molecular weight excluding hydrogens is 381 g/mol. The van der Waals surface area contributed by atoms with Gasteiger partial charge in [0.25, 0.3) is 0 Å². The van der Waals surface area contributed by atoms with Gasteiger partial charge >= 0.3 is 0 Å². The Balaban J connectivity index is 1.60. The Morgan fingerprint density at radius 2 is 2.07 bits per heavy atom. The van der Waals surface area contributed by atoms with Gasteiger partial charge in [0.15, 0.2) is 11.6 Å². The third-order valence-electron chi connectivity index (χ3n) is 5.72. The van der Waals surface area contributed by atoms with Crippen molar-refractivity contribution in [3.05, 3.63) is 59.2 Å². The molecule has 3 heterocycles. The number of rotatable bonds is 4. The topological polar surface area (TPSA) is 89.6 Å². The molecule has 0 radical (unpaired) electrons. The minimum atomic E-state index is -0.385. The summed E-state index contributed by atoms with van der Waals surface area (Å²) in [6.07, 6.45) is 4.60. The van der Waals surface area contributed by atoms with E-state index in [1.807, 2.05) is 26.0 Å². The van der Waals surface area contributed by atoms with Gasteiger partial charge in [-0.05, 0) is 53.8 Å². The molecule has 2 aromatic carbocycles. The van der Waals surface area contributed by atoms with Gasteiger partial charge in [-0.25, -0.2) is 9.37 Å². The maximum absolute atomic E-state index is 15.5. The molecule has 152 valence electrons. The van der Waals surface area contributed by atoms with Crippen molar-refractivity contribution >= 4 is 16.5 Å². The summed E-state index contributed by atoms with van der Waals surface area (Å²) in [5, 5.41) is 21.1. The molecule has 0 aliphatic carbocycles. The fraction of sp³-hybridized carbons (Fsp3) is 0.217. The highest BCUT2D eigenvalue weighted by Gasteiger charge is 2.20. The molecule has 0 saturated carbocycles. The van der Waals surface area contributed by atoms with Gasteiger partial charge in [0.2, 0.25) is 0 Å². The molecule has 1 aliphatic heterocycles. The Hall–Kier alpha value is -3.45. The summed E-state index contributed by atoms with van der Waals surface area (Å²) in [5.41, 5.74) is 5.90. The van der Waals surface area contributed by atoms with E-state index in [2.05, 4.69) is 31.6 Å². The highest BCUT2D eigenvalue weighted by atomic mass is 19.1. The van der Waals surface area contributed by atoms with Gasteiger partial charge in [0, 0.05) is 24.0 Å². The Kier molecular flexibility index (Phi) is 4.40. The average molecular weight is 403 g/mol. The first-order valence-corrected chi connectivity index (χ1v) is 10.0. The second kappa shape index (κ2) is 7.11. The standard InChI is InChI=1S/C23H22FN5O/c1-3-13-9-19(30)12(2)8-17(13)15-4-5-16-21(20(15)24)28-29-22(16)23-26-11-18(27-23)14-6-7-25-10-14/h4-6,8-9,11,25,30H,3,7,10H2,1-2H3,(H,26,27)(H,28,29). The maximum atomic E-state index is 15.5. The van der Waals surface area contributed by atoms with Crippen molar-refractivity contribution in [3.8, 4) is 28.4 Å². The van der Waals surface area contributed by atoms with Crippen LogP contribution >= 0.6 is 0 Å². The van der Waals surface area contributed by atoms with Crippen molar-refractivity contribution in [2.75, 3.05) is 13.1 Å². The van der Waals surface area contributed by atoms with Crippen molar-refractivity contribution in [2.45, 2.75) is 20.3 Å². The normalized spacial score (nSPS) is 13.9. The molecule has 0 amide bonds. The number of nitrogens with one attached hydrogen (secondary N) is 3. The number of aromatic amines is 2. The van der Waals surface area contributed by atoms with Gasteiger partial charge < -0.3 is 15.4 Å². The molecule has 7 heteroatoms. The van der Waals surface area contributed by atoms with E-state index in [-0.39, 0.29) is 17.1 Å². The van der Waals surface area contributed by atoms with E-state index in [0.29, 0.717) is 34.5 Å². The first-order valence-electron chi connectivity index (χ1n) is 10.0. The van der Waals surface area contributed by atoms with Crippen LogP contribution in [0, 0.1) is 12.7 Å². The SMILES string of the molecule is CCc1cc(O)c(C)cc1-c1ccc2c(-c3ncc(C4=CCNC4)[nH]3)[nH]nc2c1F. The van der Waals surface area contributed by atoms with Crippen molar-refractivity contribution in [1.82, 2.24) is 25.5 Å². The summed E-state index contributed by atoms with van der Waals surface area (Å²) in [6, 6.07) is 7.18. The van der Waals surface area contributed by atoms with Crippen LogP contribution in [0.2, 0.25) is 0 Å². The van der Waals surface area contributed by atoms with Crippen molar-refractivity contribution < 1.29 is 9.50 Å². The number of imidazole rings is 1. The predicted octanol–water partition coefficient (Wildman–Crippen LogP) is 4.32. The molecule has 4 N–H and O–H groups in total. The van der Waals surface area contributed by atoms with Gasteiger partial charge in [0.05, 0.1) is 11.9 Å². The zero-order valence-corrected chi connectivity index (χ0v) is 16.8. The summed E-state index contributed by atoms with van der Waals surface area (Å²) in [6.45, 7) is 5.45. The number of aromatic nitrogens is 4. The number of hydrogen-bond donors (Lipinski definition) is 4. The van der Waals surface area contributed by atoms with E-state index in [1.165, 1.54) is 5.57 Å². The molecule has 0 fully saturated rings. The Morgan fingerprint density at radius 1 is 1.20 bits per heavy atom. The van der Waals surface area contributed by atoms with Crippen LogP contribution in [-0.4, -0.2) is 38.4 Å². The zero-order valence-electron chi connectivity index (χ0n) is 16.8. The van der Waals surface area contributed by atoms with Crippen molar-refractivity contribution in [2.24, 2.45) is 0 Å². The van der Waals surface area contributed by atoms with E-state index in [9.17, 15) is 5.11 Å². The lowest BCUT2D eigenvalue weighted by Gasteiger charge is -2.12. The quantitative estimate of drug-likeness (QED) is 0.408. The van der Waals surface area contributed by atoms with Crippen LogP contribution in [-0.2, 0) is 6.42 Å². The van der Waals surface area contributed by atoms with Gasteiger partial charge in [0.1, 0.15) is 17.0 Å². The molecule has 4 aromatic rings. The number of phenolic OH excluding ortho intramolecular Hbond substituents is 1. The molecule has 0 unspecified atom stereocenters. The van der Waals surface area contributed by atoms with E-state index in [4.69, 9.17) is 0 Å². The number of aromatic hydroxyl groups is 1. The molecule has 5 rings (SSSR count). The minimum Gasteiger partial charge on any atom is -0.508 e. The molecule has 0 saturated heterocycles. The maximum Gasteiger partial charge on any atom is 0.159 e. The zero-order chi connectivity index (χ0) is 20.8. The van der Waals surface area contributed by atoms with Crippen LogP contribution in [0.3, 0.4) is 0 Å². The number of phenols is 1. The summed E-state index contributed by atoms with van der Waals surface area (Å²) >= 11 is 0. The smallest absolute Gasteiger partial charge is 0.159 e. The van der Waals surface area contributed by atoms with Crippen LogP contribution in [0.4, 0.5) is 4.39 Å². The van der Waals surface area contributed by atoms with Gasteiger partial charge in [-0.15, -0.1) is 0 Å². The van der Waals surface area contributed by atoms with Crippen LogP contribution in [0.5, 0.6) is 5.75 Å². The molecule has 0 bridgehead atoms. The lowest BCUT2D eigenvalue weighted by atomic mass is 9.94. The van der Waals surface area contributed by atoms with E-state index in [0.717, 1.165) is 29.9 Å². The van der Waals surface area contributed by atoms with Gasteiger partial charge in [-0.1, -0.05) is 19.1 Å². The highest BCUT2D eigenvalue weighted by Crippen LogP contribution is 2.36. The largest absolute Gasteiger partial charge is 0.508 e. The van der Waals surface area contributed by atoms with Gasteiger partial charge in [-0.2, -0.15) is 5.10 Å². The minimum absolute atomic E-state index is 0.223. The summed E-state index contributed by atoms with van der Waals surface area (Å²) in [7, 11) is 0. The molecule has 0 atom stereocenters. The van der Waals surface area contributed by atoms with Crippen LogP contribution in [0.25, 0.3) is 39.1 Å². The average Bonchev–Trinajstić information content (AvgIpc) is 3.49. The highest BCUT2D eigenvalue weighted by molar-refractivity contribution is 5.95. The van der Waals surface area contributed by atoms with Gasteiger partial charge in [-0.3, -0.25) is 5.10 Å². The monoisotopic (exact) mass is 403 g/mol. The number of aryl methyl sites for hydroxylation is 2. The second-order valence-corrected chi connectivity index (χ2v) is 7.58. The third-order valence-corrected chi connectivity index (χ3v) is 5.72. The fourth-order valence-corrected chi connectivity index (χ4v) is 4.01. The molecule has 1 aliphatic rings. The fourth-order valence-electron chi connectivity index (χ4n) is 4.01. The summed E-state index contributed by atoms with van der Waals surface area (Å²) < 4.78 is 15.5. The van der Waals surface area contributed by atoms with Crippen LogP contribution in [0.15, 0.2) is 36.5 Å². The van der Waals surface area contributed by atoms with Crippen molar-refractivity contribution in [1.29, 1.82) is 0 Å².